The van der Waals surface area contributed by atoms with Gasteiger partial charge in [-0.2, -0.15) is 0 Å². The zero-order chi connectivity index (χ0) is 101. The van der Waals surface area contributed by atoms with Gasteiger partial charge in [0.05, 0.1) is 72.7 Å². The maximum Gasteiger partial charge on any atom is 0.217 e. The number of aliphatic hydroxyl groups is 27. The first kappa shape index (κ1) is 114. The van der Waals surface area contributed by atoms with Crippen molar-refractivity contribution in [2.45, 2.75) is 365 Å². The highest BCUT2D eigenvalue weighted by Crippen LogP contribution is 2.42. The number of carbonyl (C=O) groups is 4. The third kappa shape index (κ3) is 25.4. The maximum atomic E-state index is 13.7. The van der Waals surface area contributed by atoms with Crippen molar-refractivity contribution >= 4 is 23.6 Å². The molecule has 0 aromatic rings. The molecule has 11 saturated heterocycles. The molecule has 0 radical (unpaired) electrons. The fourth-order valence-corrected chi connectivity index (χ4v) is 18.2. The van der Waals surface area contributed by atoms with E-state index in [2.05, 4.69) is 21.3 Å². The molecule has 4 amide bonds. The lowest BCUT2D eigenvalue weighted by Gasteiger charge is -2.51. The first-order valence-corrected chi connectivity index (χ1v) is 44.2. The predicted octanol–water partition coefficient (Wildman–Crippen LogP) is -21.8. The van der Waals surface area contributed by atoms with Gasteiger partial charge in [0.2, 0.25) is 23.6 Å². The first-order chi connectivity index (χ1) is 65.5. The molecule has 0 saturated carbocycles. The predicted molar refractivity (Wildman–Crippen MR) is 428 cm³/mol. The van der Waals surface area contributed by atoms with E-state index >= 15 is 0 Å². The summed E-state index contributed by atoms with van der Waals surface area (Å²) in [6, 6.07) is -7.75. The van der Waals surface area contributed by atoms with Crippen molar-refractivity contribution in [3.63, 3.8) is 0 Å². The zero-order valence-electron chi connectivity index (χ0n) is 75.4. The van der Waals surface area contributed by atoms with Crippen LogP contribution < -0.4 is 21.3 Å². The van der Waals surface area contributed by atoms with E-state index in [0.717, 1.165) is 56.1 Å². The molecule has 0 aliphatic carbocycles. The molecule has 0 bridgehead atoms. The molecule has 11 rings (SSSR count). The maximum absolute atomic E-state index is 13.7. The van der Waals surface area contributed by atoms with Gasteiger partial charge in [0, 0.05) is 56.1 Å². The van der Waals surface area contributed by atoms with E-state index in [0.29, 0.717) is 0 Å². The SMILES string of the molecule is CO[C@H]1[C@@H](O)[C@@H](CO)O[C@@H](OC[C@H]2O[C@@H](OC[C@H]3O[C@@H](O[C@H]4[C@H](O)[C@@H](NC(C)=O)[C@H](O[C@@H]5[C@@H](O[C@@H]6[C@H](O)[C@H](O[C@H]7[C@H](O)[C@@H](NC(C)=O)[C@H](O[C@H]8[C@H](O)[C@@H](NC(C)=O)[C@H](O)O[C@@H]8CO)O[C@@H]7CO)O[C@H](CO[C@H]7O[C@H](CO)[C@@H](O)[C@H](O)[C@@H]7O)[C@H]6O)O[C@H](CO)[C@@H](O)[C@@H]5O)O[C@@H]4CO)[C@H](NC(C)=O)[C@@H](O[C@@H]4O[C@H](CO[C@@H]5O[C@H](CO)[C@H](O)[C@H](OC)[C@H]5O)[C@H](O)[C@H](OC)[C@H]4O)[C@H]3O)[C@H](O)[C@@H](OC)[C@H]2O)[C@@H]1O. The molecule has 0 aromatic heterocycles. The number of ether oxygens (including phenoxy) is 25. The Kier molecular flexibility index (Phi) is 42.1. The Hall–Kier alpha value is -4.20. The van der Waals surface area contributed by atoms with Gasteiger partial charge in [-0.3, -0.25) is 19.2 Å². The molecule has 138 heavy (non-hydrogen) atoms. The molecular formula is C78H132N4O56. The second-order valence-corrected chi connectivity index (χ2v) is 34.7. The van der Waals surface area contributed by atoms with Crippen molar-refractivity contribution in [3.05, 3.63) is 0 Å². The zero-order valence-corrected chi connectivity index (χ0v) is 75.4. The summed E-state index contributed by atoms with van der Waals surface area (Å²) >= 11 is 0. The van der Waals surface area contributed by atoms with Crippen LogP contribution in [0.1, 0.15) is 27.7 Å². The first-order valence-electron chi connectivity index (χ1n) is 44.2. The van der Waals surface area contributed by atoms with Gasteiger partial charge in [0.25, 0.3) is 0 Å². The van der Waals surface area contributed by atoms with E-state index in [1.165, 1.54) is 0 Å². The Labute approximate surface area is 784 Å². The molecule has 11 aliphatic heterocycles. The minimum Gasteiger partial charge on any atom is -0.394 e. The molecule has 11 heterocycles. The Bertz CT molecular complexity index is 3730. The lowest BCUT2D eigenvalue weighted by molar-refractivity contribution is -0.397. The molecular weight excluding hydrogens is 1890 g/mol. The second kappa shape index (κ2) is 50.9. The van der Waals surface area contributed by atoms with Gasteiger partial charge < -0.3 is 278 Å². The fraction of sp³-hybridized carbons (Fsp3) is 0.949. The fourth-order valence-electron chi connectivity index (χ4n) is 18.2. The summed E-state index contributed by atoms with van der Waals surface area (Å²) in [7, 11) is 4.37. The van der Waals surface area contributed by atoms with Gasteiger partial charge in [0.15, 0.2) is 69.2 Å². The summed E-state index contributed by atoms with van der Waals surface area (Å²) in [4.78, 5) is 52.5. The third-order valence-electron chi connectivity index (χ3n) is 25.5. The van der Waals surface area contributed by atoms with E-state index in [9.17, 15) is 157 Å². The van der Waals surface area contributed by atoms with E-state index < -0.39 is 434 Å². The van der Waals surface area contributed by atoms with Crippen LogP contribution in [-0.4, -0.2) is 600 Å². The van der Waals surface area contributed by atoms with E-state index in [-0.39, 0.29) is 0 Å². The van der Waals surface area contributed by atoms with Crippen LogP contribution in [-0.2, 0) is 138 Å². The molecule has 60 nitrogen and oxygen atoms in total. The van der Waals surface area contributed by atoms with Crippen molar-refractivity contribution in [2.24, 2.45) is 0 Å². The highest BCUT2D eigenvalue weighted by molar-refractivity contribution is 5.74. The smallest absolute Gasteiger partial charge is 0.217 e. The Morgan fingerprint density at radius 3 is 0.804 bits per heavy atom. The summed E-state index contributed by atoms with van der Waals surface area (Å²) in [6.45, 7) is -7.24. The number of hydrogen-bond donors (Lipinski definition) is 31. The van der Waals surface area contributed by atoms with Crippen molar-refractivity contribution < 1.29 is 275 Å². The standard InChI is InChI=1S/C78H132N4O56/c1-20(90)79-35-47(102)58(28(13-87)122-68(35)113)133-69-36(80-21(2)91)49(104)60(30(15-89)127-69)135-77-57(112)66(46(101)34(132-77)19-118-72-52(107)50(105)39(94)24(9-83)123-72)137-78-67(51(106)40(95)25(10-84)126-78)138-70-37(81-22(3)92)48(103)59(29(14-88)128-70)134-71-38(82-23(4)93)61(136-76-56(111)65(117-8)45(100)33(131-76)18-120-74-54(109)63(115-6)42(97)27(12-86)125-74)43(98)31(129-71)16-121-75-55(110)64(116-7)44(99)32(130-75)17-119-73-53(108)62(114-5)41(96)26(11-85)124-73/h24-78,83-89,94-113H,9-19H2,1-8H3,(H,79,90)(H,80,91)(H,81,92)(H,82,93)/t24-,25-,26-,27-,28-,29-,30-,31-,32-,33-,34-,35-,36-,37-,38-,39-,40-,41+,42+,43+,44+,45+,46-,47-,48-,49-,50+,51+,52+,53-,54-,55-,56-,57+,58-,59-,60-,61-,62+,63+,64+,65+,66+,67+,68-,69+,70+,71+,72+,73-,74-,75-,76+,77+,78-/m1/s1. The van der Waals surface area contributed by atoms with Crippen LogP contribution in [0.15, 0.2) is 0 Å². The van der Waals surface area contributed by atoms with E-state index in [1.54, 1.807) is 0 Å². The lowest BCUT2D eigenvalue weighted by atomic mass is 9.93. The average molecular weight is 2020 g/mol. The Morgan fingerprint density at radius 2 is 0.435 bits per heavy atom. The van der Waals surface area contributed by atoms with Crippen LogP contribution in [0.4, 0.5) is 0 Å². The summed E-state index contributed by atoms with van der Waals surface area (Å²) in [5.74, 6) is -3.78. The monoisotopic (exact) mass is 2020 g/mol. The van der Waals surface area contributed by atoms with E-state index in [1.807, 2.05) is 0 Å². The molecule has 60 heteroatoms. The highest BCUT2D eigenvalue weighted by Gasteiger charge is 2.63. The van der Waals surface area contributed by atoms with Crippen LogP contribution >= 0.6 is 0 Å². The normalized spacial score (nSPS) is 48.7. The number of methoxy groups -OCH3 is 4. The summed E-state index contributed by atoms with van der Waals surface area (Å²) in [6.07, 6.45) is -101. The molecule has 11 fully saturated rings. The van der Waals surface area contributed by atoms with E-state index in [4.69, 9.17) is 118 Å². The van der Waals surface area contributed by atoms with Crippen molar-refractivity contribution in [1.82, 2.24) is 21.3 Å². The number of nitrogens with one attached hydrogen (secondary N) is 4. The van der Waals surface area contributed by atoms with Crippen LogP contribution in [0, 0.1) is 0 Å². The summed E-state index contributed by atoms with van der Waals surface area (Å²) in [5, 5.41) is 315. The molecule has 55 atom stereocenters. The average Bonchev–Trinajstić information content (AvgIpc) is 0.759. The van der Waals surface area contributed by atoms with Gasteiger partial charge in [-0.15, -0.1) is 0 Å². The molecule has 0 spiro atoms. The molecule has 0 unspecified atom stereocenters. The molecule has 11 aliphatic rings. The van der Waals surface area contributed by atoms with Gasteiger partial charge >= 0.3 is 0 Å². The number of rotatable bonds is 39. The van der Waals surface area contributed by atoms with Crippen molar-refractivity contribution in [2.75, 3.05) is 101 Å². The largest absolute Gasteiger partial charge is 0.394 e. The minimum absolute atomic E-state index is 0.753. The van der Waals surface area contributed by atoms with Crippen LogP contribution in [0.25, 0.3) is 0 Å². The van der Waals surface area contributed by atoms with Crippen LogP contribution in [0.5, 0.6) is 0 Å². The van der Waals surface area contributed by atoms with Gasteiger partial charge in [-0.25, -0.2) is 0 Å². The number of carbonyl (C=O) groups excluding carboxylic acids is 4. The number of aliphatic hydroxyl groups excluding tert-OH is 27. The van der Waals surface area contributed by atoms with Crippen molar-refractivity contribution in [1.29, 1.82) is 0 Å². The Balaban J connectivity index is 0.901. The number of hydrogen-bond acceptors (Lipinski definition) is 56. The lowest BCUT2D eigenvalue weighted by Crippen LogP contribution is -2.71. The molecule has 800 valence electrons. The Morgan fingerprint density at radius 1 is 0.203 bits per heavy atom. The topological polar surface area (TPSA) is 893 Å². The highest BCUT2D eigenvalue weighted by atomic mass is 16.8. The van der Waals surface area contributed by atoms with Crippen molar-refractivity contribution in [3.8, 4) is 0 Å². The third-order valence-corrected chi connectivity index (χ3v) is 25.5. The van der Waals surface area contributed by atoms with Crippen LogP contribution in [0.3, 0.4) is 0 Å². The molecule has 31 N–H and O–H groups in total. The second-order valence-electron chi connectivity index (χ2n) is 34.7. The van der Waals surface area contributed by atoms with Gasteiger partial charge in [0.1, 0.15) is 268 Å². The number of amides is 4. The van der Waals surface area contributed by atoms with Gasteiger partial charge in [-0.1, -0.05) is 0 Å². The minimum atomic E-state index is -2.56. The molecule has 0 aromatic carbocycles. The quantitative estimate of drug-likeness (QED) is 0.0272. The summed E-state index contributed by atoms with van der Waals surface area (Å²) in [5.41, 5.74) is 0. The van der Waals surface area contributed by atoms with Crippen LogP contribution in [0.2, 0.25) is 0 Å². The van der Waals surface area contributed by atoms with Gasteiger partial charge in [-0.05, 0) is 0 Å². The summed E-state index contributed by atoms with van der Waals surface area (Å²) < 4.78 is 148.